The monoisotopic (exact) mass is 254 g/mol. The van der Waals surface area contributed by atoms with Gasteiger partial charge < -0.3 is 0 Å². The number of hydrogen-bond acceptors (Lipinski definition) is 0. The van der Waals surface area contributed by atoms with Crippen molar-refractivity contribution in [2.75, 3.05) is 24.6 Å². The Bertz CT molecular complexity index is 119. The zero-order valence-electron chi connectivity index (χ0n) is 9.07. The third kappa shape index (κ3) is 3.00. The molecule has 0 atom stereocenters. The Hall–Kier alpha value is 0.910. The van der Waals surface area contributed by atoms with Crippen molar-refractivity contribution in [1.82, 2.24) is 0 Å². The van der Waals surface area contributed by atoms with Crippen LogP contribution in [0, 0.1) is 0 Å². The molecule has 0 aliphatic carbocycles. The van der Waals surface area contributed by atoms with Crippen molar-refractivity contribution < 1.29 is 0 Å². The Balaban J connectivity index is 4.35. The van der Waals surface area contributed by atoms with E-state index in [0.29, 0.717) is 0 Å². The number of hydrogen-bond donors (Lipinski definition) is 0. The van der Waals surface area contributed by atoms with Crippen LogP contribution in [0.5, 0.6) is 0 Å². The van der Waals surface area contributed by atoms with E-state index in [1.165, 1.54) is 37.5 Å². The Morgan fingerprint density at radius 2 is 1.33 bits per heavy atom. The molecule has 0 aromatic rings. The van der Waals surface area contributed by atoms with E-state index in [-0.39, 0.29) is 0 Å². The Kier molecular flexibility index (Phi) is 5.33. The summed E-state index contributed by atoms with van der Waals surface area (Å²) in [6, 6.07) is 0. The van der Waals surface area contributed by atoms with Crippen LogP contribution in [0.15, 0.2) is 0 Å². The van der Waals surface area contributed by atoms with Crippen LogP contribution in [0.2, 0.25) is 0 Å². The molecule has 0 saturated carbocycles. The molecule has 0 aromatic heterocycles. The summed E-state index contributed by atoms with van der Waals surface area (Å²) < 4.78 is 0. The first-order valence-corrected chi connectivity index (χ1v) is 10.3. The average molecular weight is 255 g/mol. The molecule has 0 rings (SSSR count). The van der Waals surface area contributed by atoms with Crippen LogP contribution in [-0.4, -0.2) is 24.6 Å². The first-order valence-electron chi connectivity index (χ1n) is 5.26. The molecule has 0 heterocycles. The summed E-state index contributed by atoms with van der Waals surface area (Å²) in [6.07, 6.45) is 8.31. The van der Waals surface area contributed by atoms with Gasteiger partial charge in [-0.1, -0.05) is 0 Å². The van der Waals surface area contributed by atoms with Crippen molar-refractivity contribution in [2.24, 2.45) is 0 Å². The Morgan fingerprint density at radius 3 is 1.58 bits per heavy atom. The minimum atomic E-state index is -1.39. The van der Waals surface area contributed by atoms with Crippen LogP contribution in [0.1, 0.15) is 40.5 Å². The standard InChI is InChI=1S/C10H24BrP/c1-5-9-10-12(11,6-2,7-3)8-4/h5-10H2,1-4H3. The van der Waals surface area contributed by atoms with E-state index in [1.807, 2.05) is 0 Å². The van der Waals surface area contributed by atoms with Crippen molar-refractivity contribution in [3.05, 3.63) is 0 Å². The van der Waals surface area contributed by atoms with Gasteiger partial charge >= 0.3 is 86.0 Å². The average Bonchev–Trinajstić information content (AvgIpc) is 2.15. The first kappa shape index (κ1) is 12.9. The molecule has 0 spiro atoms. The summed E-state index contributed by atoms with van der Waals surface area (Å²) in [7, 11) is 0. The number of unbranched alkanes of at least 4 members (excludes halogenated alkanes) is 1. The van der Waals surface area contributed by atoms with Gasteiger partial charge in [0.05, 0.1) is 0 Å². The van der Waals surface area contributed by atoms with E-state index >= 15 is 0 Å². The summed E-state index contributed by atoms with van der Waals surface area (Å²) in [5.74, 6) is 0. The topological polar surface area (TPSA) is 0 Å². The second-order valence-corrected chi connectivity index (χ2v) is 15.8. The fraction of sp³-hybridized carbons (Fsp3) is 1.00. The molecule has 0 radical (unpaired) electrons. The van der Waals surface area contributed by atoms with Crippen molar-refractivity contribution >= 4 is 20.8 Å². The van der Waals surface area contributed by atoms with Crippen LogP contribution >= 0.6 is 20.8 Å². The SMILES string of the molecule is CCCCP(Br)(CC)(CC)CC. The zero-order chi connectivity index (χ0) is 9.69. The predicted octanol–water partition coefficient (Wildman–Crippen LogP) is 4.71. The molecule has 0 fully saturated rings. The molecule has 0 amide bonds. The molecule has 0 N–H and O–H groups in total. The van der Waals surface area contributed by atoms with Crippen LogP contribution in [0.4, 0.5) is 0 Å². The van der Waals surface area contributed by atoms with Gasteiger partial charge in [-0.3, -0.25) is 0 Å². The number of rotatable bonds is 6. The van der Waals surface area contributed by atoms with Crippen LogP contribution in [-0.2, 0) is 0 Å². The third-order valence-corrected chi connectivity index (χ3v) is 15.2. The summed E-state index contributed by atoms with van der Waals surface area (Å²) in [4.78, 5) is 0. The summed E-state index contributed by atoms with van der Waals surface area (Å²) >= 11 is 4.12. The predicted molar refractivity (Wildman–Crippen MR) is 67.2 cm³/mol. The number of halogens is 1. The molecule has 0 aliphatic rings. The molecule has 76 valence electrons. The van der Waals surface area contributed by atoms with E-state index in [2.05, 4.69) is 43.2 Å². The molecule has 0 aromatic carbocycles. The van der Waals surface area contributed by atoms with E-state index in [4.69, 9.17) is 0 Å². The third-order valence-electron chi connectivity index (χ3n) is 3.44. The second-order valence-electron chi connectivity index (χ2n) is 3.85. The second kappa shape index (κ2) is 4.96. The summed E-state index contributed by atoms with van der Waals surface area (Å²) in [6.45, 7) is 9.36. The Morgan fingerprint density at radius 1 is 0.917 bits per heavy atom. The molecule has 0 saturated heterocycles. The maximum atomic E-state index is 4.12. The van der Waals surface area contributed by atoms with E-state index < -0.39 is 5.31 Å². The van der Waals surface area contributed by atoms with Gasteiger partial charge in [0.2, 0.25) is 0 Å². The summed E-state index contributed by atoms with van der Waals surface area (Å²) in [5.41, 5.74) is 0. The normalized spacial score (nSPS) is 15.6. The fourth-order valence-corrected chi connectivity index (χ4v) is 5.85. The first-order chi connectivity index (χ1) is 5.54. The molecule has 12 heavy (non-hydrogen) atoms. The van der Waals surface area contributed by atoms with Gasteiger partial charge in [-0.25, -0.2) is 0 Å². The van der Waals surface area contributed by atoms with Crippen LogP contribution in [0.3, 0.4) is 0 Å². The molecule has 0 unspecified atom stereocenters. The Labute approximate surface area is 86.2 Å². The van der Waals surface area contributed by atoms with E-state index in [0.717, 1.165) is 0 Å². The molecule has 0 aliphatic heterocycles. The van der Waals surface area contributed by atoms with E-state index in [1.54, 1.807) is 0 Å². The minimum absolute atomic E-state index is 1.34. The van der Waals surface area contributed by atoms with Gasteiger partial charge in [-0.05, 0) is 0 Å². The van der Waals surface area contributed by atoms with Crippen molar-refractivity contribution in [3.63, 3.8) is 0 Å². The summed E-state index contributed by atoms with van der Waals surface area (Å²) in [5, 5.41) is -1.39. The zero-order valence-corrected chi connectivity index (χ0v) is 11.5. The van der Waals surface area contributed by atoms with Crippen molar-refractivity contribution in [3.8, 4) is 0 Å². The quantitative estimate of drug-likeness (QED) is 0.603. The van der Waals surface area contributed by atoms with Gasteiger partial charge in [-0.2, -0.15) is 0 Å². The molecule has 0 nitrogen and oxygen atoms in total. The maximum absolute atomic E-state index is 4.12. The van der Waals surface area contributed by atoms with Crippen molar-refractivity contribution in [1.29, 1.82) is 0 Å². The molecule has 0 bridgehead atoms. The molecular formula is C10H24BrP. The van der Waals surface area contributed by atoms with Gasteiger partial charge in [0.15, 0.2) is 0 Å². The van der Waals surface area contributed by atoms with Crippen molar-refractivity contribution in [2.45, 2.75) is 40.5 Å². The van der Waals surface area contributed by atoms with Crippen LogP contribution in [0.25, 0.3) is 0 Å². The van der Waals surface area contributed by atoms with Gasteiger partial charge in [-0.15, -0.1) is 0 Å². The van der Waals surface area contributed by atoms with Gasteiger partial charge in [0.1, 0.15) is 0 Å². The molecular weight excluding hydrogens is 231 g/mol. The van der Waals surface area contributed by atoms with Gasteiger partial charge in [0.25, 0.3) is 0 Å². The van der Waals surface area contributed by atoms with Gasteiger partial charge in [0, 0.05) is 0 Å². The fourth-order valence-electron chi connectivity index (χ4n) is 1.70. The van der Waals surface area contributed by atoms with Crippen LogP contribution < -0.4 is 0 Å². The van der Waals surface area contributed by atoms with E-state index in [9.17, 15) is 0 Å². The molecule has 2 heteroatoms.